The Morgan fingerprint density at radius 1 is 1.53 bits per heavy atom. The molecule has 0 saturated heterocycles. The zero-order valence-electron chi connectivity index (χ0n) is 8.74. The number of hydrogen-bond acceptors (Lipinski definition) is 3. The van der Waals surface area contributed by atoms with Gasteiger partial charge in [0.25, 0.3) is 0 Å². The fourth-order valence-electron chi connectivity index (χ4n) is 1.67. The van der Waals surface area contributed by atoms with Gasteiger partial charge in [0.2, 0.25) is 0 Å². The Labute approximate surface area is 103 Å². The first-order valence-corrected chi connectivity index (χ1v) is 6.17. The van der Waals surface area contributed by atoms with Crippen LogP contribution in [0.4, 0.5) is 5.82 Å². The van der Waals surface area contributed by atoms with Crippen LogP contribution in [0, 0.1) is 5.92 Å². The van der Waals surface area contributed by atoms with Crippen molar-refractivity contribution >= 4 is 33.3 Å². The Hall–Kier alpha value is -0.350. The highest BCUT2D eigenvalue weighted by atomic mass is 79.9. The van der Waals surface area contributed by atoms with Crippen LogP contribution < -0.4 is 4.90 Å². The van der Waals surface area contributed by atoms with Gasteiger partial charge in [0.15, 0.2) is 0 Å². The molecule has 1 heterocycles. The quantitative estimate of drug-likeness (QED) is 0.801. The summed E-state index contributed by atoms with van der Waals surface area (Å²) in [5.41, 5.74) is 0. The van der Waals surface area contributed by atoms with Gasteiger partial charge in [-0.05, 0) is 41.6 Å². The maximum absolute atomic E-state index is 5.93. The van der Waals surface area contributed by atoms with Crippen LogP contribution in [0.5, 0.6) is 0 Å². The lowest BCUT2D eigenvalue weighted by molar-refractivity contribution is 0.602. The van der Waals surface area contributed by atoms with Gasteiger partial charge in [-0.1, -0.05) is 11.6 Å². The van der Waals surface area contributed by atoms with Crippen LogP contribution in [0.25, 0.3) is 0 Å². The molecule has 0 amide bonds. The Balaban J connectivity index is 2.24. The third-order valence-electron chi connectivity index (χ3n) is 2.98. The van der Waals surface area contributed by atoms with Gasteiger partial charge in [0.1, 0.15) is 17.3 Å². The third kappa shape index (κ3) is 2.26. The van der Waals surface area contributed by atoms with Crippen molar-refractivity contribution < 1.29 is 0 Å². The van der Waals surface area contributed by atoms with Crippen LogP contribution in [-0.4, -0.2) is 23.1 Å². The summed E-state index contributed by atoms with van der Waals surface area (Å²) in [6.45, 7) is 2.22. The minimum absolute atomic E-state index is 0.467. The number of hydrogen-bond donors (Lipinski definition) is 0. The summed E-state index contributed by atoms with van der Waals surface area (Å²) in [6, 6.07) is 0.507. The van der Waals surface area contributed by atoms with E-state index in [1.165, 1.54) is 19.2 Å². The minimum atomic E-state index is 0.467. The van der Waals surface area contributed by atoms with E-state index in [2.05, 4.69) is 37.7 Å². The van der Waals surface area contributed by atoms with Crippen molar-refractivity contribution in [2.75, 3.05) is 11.9 Å². The number of halogens is 2. The number of anilines is 1. The molecule has 1 atom stereocenters. The molecule has 0 radical (unpaired) electrons. The summed E-state index contributed by atoms with van der Waals surface area (Å²) in [6.07, 6.45) is 4.14. The first-order chi connectivity index (χ1) is 7.11. The average molecular weight is 291 g/mol. The second-order valence-corrected chi connectivity index (χ2v) is 5.14. The zero-order valence-corrected chi connectivity index (χ0v) is 11.1. The standard InChI is InChI=1S/C10H13BrClN3/c1-6(7-3-4-7)15(2)10-8(11)9(12)13-5-14-10/h5-7H,3-4H2,1-2H3. The summed E-state index contributed by atoms with van der Waals surface area (Å²) < 4.78 is 0.779. The summed E-state index contributed by atoms with van der Waals surface area (Å²) in [5.74, 6) is 1.67. The first-order valence-electron chi connectivity index (χ1n) is 5.00. The molecule has 1 unspecified atom stereocenters. The molecule has 0 N–H and O–H groups in total. The fourth-order valence-corrected chi connectivity index (χ4v) is 2.29. The van der Waals surface area contributed by atoms with Crippen LogP contribution in [0.15, 0.2) is 10.8 Å². The fraction of sp³-hybridized carbons (Fsp3) is 0.600. The van der Waals surface area contributed by atoms with Crippen molar-refractivity contribution in [3.8, 4) is 0 Å². The number of nitrogens with zero attached hydrogens (tertiary/aromatic N) is 3. The molecule has 2 rings (SSSR count). The molecule has 0 bridgehead atoms. The monoisotopic (exact) mass is 289 g/mol. The highest BCUT2D eigenvalue weighted by Gasteiger charge is 2.31. The molecular formula is C10H13BrClN3. The van der Waals surface area contributed by atoms with E-state index in [0.717, 1.165) is 16.2 Å². The average Bonchev–Trinajstić information content (AvgIpc) is 3.03. The summed E-state index contributed by atoms with van der Waals surface area (Å²) >= 11 is 9.35. The van der Waals surface area contributed by atoms with Crippen molar-refractivity contribution in [2.24, 2.45) is 5.92 Å². The zero-order chi connectivity index (χ0) is 11.0. The van der Waals surface area contributed by atoms with E-state index in [1.54, 1.807) is 0 Å². The number of aromatic nitrogens is 2. The molecule has 1 aromatic heterocycles. The van der Waals surface area contributed by atoms with E-state index in [-0.39, 0.29) is 0 Å². The van der Waals surface area contributed by atoms with Crippen LogP contribution >= 0.6 is 27.5 Å². The Morgan fingerprint density at radius 3 is 2.80 bits per heavy atom. The molecule has 1 aromatic rings. The van der Waals surface area contributed by atoms with E-state index in [4.69, 9.17) is 11.6 Å². The van der Waals surface area contributed by atoms with Gasteiger partial charge < -0.3 is 4.90 Å². The first kappa shape index (κ1) is 11.1. The maximum atomic E-state index is 5.93. The summed E-state index contributed by atoms with van der Waals surface area (Å²) in [7, 11) is 2.05. The molecule has 0 aliphatic heterocycles. The molecule has 15 heavy (non-hydrogen) atoms. The molecule has 1 saturated carbocycles. The molecule has 1 aliphatic rings. The van der Waals surface area contributed by atoms with Crippen LogP contribution in [0.1, 0.15) is 19.8 Å². The highest BCUT2D eigenvalue weighted by molar-refractivity contribution is 9.10. The maximum Gasteiger partial charge on any atom is 0.148 e. The lowest BCUT2D eigenvalue weighted by Crippen LogP contribution is -2.31. The largest absolute Gasteiger partial charge is 0.356 e. The third-order valence-corrected chi connectivity index (χ3v) is 4.22. The van der Waals surface area contributed by atoms with E-state index in [0.29, 0.717) is 11.2 Å². The number of rotatable bonds is 3. The Kier molecular flexibility index (Phi) is 3.16. The van der Waals surface area contributed by atoms with Crippen molar-refractivity contribution in [1.29, 1.82) is 0 Å². The normalized spacial score (nSPS) is 17.6. The smallest absolute Gasteiger partial charge is 0.148 e. The van der Waals surface area contributed by atoms with E-state index >= 15 is 0 Å². The molecule has 0 aromatic carbocycles. The Bertz CT molecular complexity index is 368. The minimum Gasteiger partial charge on any atom is -0.356 e. The molecule has 1 aliphatic carbocycles. The van der Waals surface area contributed by atoms with Gasteiger partial charge in [-0.2, -0.15) is 0 Å². The molecule has 5 heteroatoms. The predicted octanol–water partition coefficient (Wildman–Crippen LogP) is 3.13. The lowest BCUT2D eigenvalue weighted by Gasteiger charge is -2.26. The molecule has 3 nitrogen and oxygen atoms in total. The van der Waals surface area contributed by atoms with E-state index in [1.807, 2.05) is 7.05 Å². The second-order valence-electron chi connectivity index (χ2n) is 3.99. The topological polar surface area (TPSA) is 29.0 Å². The van der Waals surface area contributed by atoms with Gasteiger partial charge in [-0.25, -0.2) is 9.97 Å². The lowest BCUT2D eigenvalue weighted by atomic mass is 10.2. The summed E-state index contributed by atoms with van der Waals surface area (Å²) in [4.78, 5) is 10.3. The second kappa shape index (κ2) is 4.26. The highest BCUT2D eigenvalue weighted by Crippen LogP contribution is 2.38. The molecule has 82 valence electrons. The van der Waals surface area contributed by atoms with Gasteiger partial charge in [0.05, 0.1) is 4.47 Å². The molecular weight excluding hydrogens is 277 g/mol. The SMILES string of the molecule is CC(C1CC1)N(C)c1ncnc(Cl)c1Br. The van der Waals surface area contributed by atoms with Gasteiger partial charge in [-0.3, -0.25) is 0 Å². The van der Waals surface area contributed by atoms with Crippen LogP contribution in [0.2, 0.25) is 5.15 Å². The van der Waals surface area contributed by atoms with Crippen LogP contribution in [-0.2, 0) is 0 Å². The van der Waals surface area contributed by atoms with Crippen molar-refractivity contribution in [3.05, 3.63) is 16.0 Å². The van der Waals surface area contributed by atoms with Crippen molar-refractivity contribution in [2.45, 2.75) is 25.8 Å². The van der Waals surface area contributed by atoms with E-state index < -0.39 is 0 Å². The molecule has 0 spiro atoms. The predicted molar refractivity (Wildman–Crippen MR) is 65.3 cm³/mol. The van der Waals surface area contributed by atoms with Crippen LogP contribution in [0.3, 0.4) is 0 Å². The van der Waals surface area contributed by atoms with Crippen molar-refractivity contribution in [1.82, 2.24) is 9.97 Å². The van der Waals surface area contributed by atoms with Crippen molar-refractivity contribution in [3.63, 3.8) is 0 Å². The summed E-state index contributed by atoms with van der Waals surface area (Å²) in [5, 5.41) is 0.467. The van der Waals surface area contributed by atoms with Gasteiger partial charge in [-0.15, -0.1) is 0 Å². The van der Waals surface area contributed by atoms with Gasteiger partial charge in [0, 0.05) is 13.1 Å². The molecule has 1 fully saturated rings. The van der Waals surface area contributed by atoms with Gasteiger partial charge >= 0.3 is 0 Å². The Morgan fingerprint density at radius 2 is 2.20 bits per heavy atom. The van der Waals surface area contributed by atoms with E-state index in [9.17, 15) is 0 Å².